The van der Waals surface area contributed by atoms with Gasteiger partial charge in [0, 0.05) is 12.5 Å². The molecule has 1 saturated carbocycles. The first-order valence-corrected chi connectivity index (χ1v) is 7.57. The molecule has 0 aliphatic heterocycles. The number of hydrogen-bond donors (Lipinski definition) is 2. The number of rotatable bonds is 9. The Morgan fingerprint density at radius 2 is 2.11 bits per heavy atom. The first-order chi connectivity index (χ1) is 8.58. The molecule has 0 spiro atoms. The van der Waals surface area contributed by atoms with Crippen LogP contribution in [0.1, 0.15) is 59.3 Å². The number of hydrogen-bond acceptors (Lipinski definition) is 2. The summed E-state index contributed by atoms with van der Waals surface area (Å²) in [5, 5.41) is 3.15. The van der Waals surface area contributed by atoms with E-state index in [0.29, 0.717) is 24.3 Å². The average Bonchev–Trinajstić information content (AvgIpc) is 3.02. The summed E-state index contributed by atoms with van der Waals surface area (Å²) < 4.78 is 0. The van der Waals surface area contributed by atoms with Crippen LogP contribution in [0.15, 0.2) is 0 Å². The molecule has 0 aromatic rings. The van der Waals surface area contributed by atoms with E-state index in [1.165, 1.54) is 19.3 Å². The molecule has 3 atom stereocenters. The van der Waals surface area contributed by atoms with Crippen LogP contribution in [0.25, 0.3) is 0 Å². The third-order valence-electron chi connectivity index (χ3n) is 4.15. The van der Waals surface area contributed by atoms with E-state index in [0.717, 1.165) is 25.3 Å². The first kappa shape index (κ1) is 15.5. The van der Waals surface area contributed by atoms with Crippen molar-refractivity contribution < 1.29 is 4.79 Å². The zero-order valence-electron chi connectivity index (χ0n) is 12.2. The molecule has 0 bridgehead atoms. The summed E-state index contributed by atoms with van der Waals surface area (Å²) in [6, 6.07) is 0.476. The molecule has 1 rings (SSSR count). The third-order valence-corrected chi connectivity index (χ3v) is 4.15. The molecule has 0 aromatic heterocycles. The zero-order chi connectivity index (χ0) is 13.5. The highest BCUT2D eigenvalue weighted by molar-refractivity contribution is 5.76. The summed E-state index contributed by atoms with van der Waals surface area (Å²) in [5.74, 6) is 2.20. The number of nitrogens with one attached hydrogen (secondary N) is 1. The predicted molar refractivity (Wildman–Crippen MR) is 76.2 cm³/mol. The second kappa shape index (κ2) is 7.78. The van der Waals surface area contributed by atoms with Crippen LogP contribution in [0.2, 0.25) is 0 Å². The topological polar surface area (TPSA) is 55.1 Å². The molecule has 0 saturated heterocycles. The van der Waals surface area contributed by atoms with Gasteiger partial charge in [-0.05, 0) is 50.0 Å². The highest BCUT2D eigenvalue weighted by Crippen LogP contribution is 2.34. The zero-order valence-corrected chi connectivity index (χ0v) is 12.2. The SMILES string of the molecule is CCCC1CC1NC(=O)CCC(CCN)C(C)C. The van der Waals surface area contributed by atoms with Crippen molar-refractivity contribution >= 4 is 5.91 Å². The number of nitrogens with two attached hydrogens (primary N) is 1. The Balaban J connectivity index is 2.16. The van der Waals surface area contributed by atoms with Crippen LogP contribution in [0.4, 0.5) is 0 Å². The van der Waals surface area contributed by atoms with Gasteiger partial charge in [-0.3, -0.25) is 4.79 Å². The summed E-state index contributed by atoms with van der Waals surface area (Å²) in [5.41, 5.74) is 5.62. The van der Waals surface area contributed by atoms with E-state index in [9.17, 15) is 4.79 Å². The third kappa shape index (κ3) is 5.38. The maximum absolute atomic E-state index is 11.8. The van der Waals surface area contributed by atoms with Crippen LogP contribution in [0.5, 0.6) is 0 Å². The van der Waals surface area contributed by atoms with E-state index in [2.05, 4.69) is 26.1 Å². The maximum Gasteiger partial charge on any atom is 0.220 e. The molecule has 1 amide bonds. The van der Waals surface area contributed by atoms with Gasteiger partial charge in [0.2, 0.25) is 5.91 Å². The predicted octanol–water partition coefficient (Wildman–Crippen LogP) is 2.69. The van der Waals surface area contributed by atoms with Gasteiger partial charge in [-0.15, -0.1) is 0 Å². The highest BCUT2D eigenvalue weighted by atomic mass is 16.1. The quantitative estimate of drug-likeness (QED) is 0.664. The molecule has 3 N–H and O–H groups in total. The summed E-state index contributed by atoms with van der Waals surface area (Å²) in [6.07, 6.45) is 6.35. The van der Waals surface area contributed by atoms with Gasteiger partial charge < -0.3 is 11.1 Å². The fraction of sp³-hybridized carbons (Fsp3) is 0.933. The molecule has 0 radical (unpaired) electrons. The number of carbonyl (C=O) groups excluding carboxylic acids is 1. The minimum atomic E-state index is 0.237. The molecular formula is C15H30N2O. The second-order valence-corrected chi connectivity index (χ2v) is 6.08. The van der Waals surface area contributed by atoms with Gasteiger partial charge in [-0.2, -0.15) is 0 Å². The monoisotopic (exact) mass is 254 g/mol. The van der Waals surface area contributed by atoms with Crippen LogP contribution >= 0.6 is 0 Å². The molecule has 1 aliphatic carbocycles. The Kier molecular flexibility index (Phi) is 6.69. The minimum absolute atomic E-state index is 0.237. The molecule has 0 heterocycles. The molecule has 3 heteroatoms. The normalized spacial score (nSPS) is 24.1. The molecule has 3 unspecified atom stereocenters. The Bertz CT molecular complexity index is 253. The lowest BCUT2D eigenvalue weighted by atomic mass is 9.88. The average molecular weight is 254 g/mol. The first-order valence-electron chi connectivity index (χ1n) is 7.57. The lowest BCUT2D eigenvalue weighted by Crippen LogP contribution is -2.27. The van der Waals surface area contributed by atoms with Crippen molar-refractivity contribution in [1.82, 2.24) is 5.32 Å². The molecule has 1 fully saturated rings. The van der Waals surface area contributed by atoms with E-state index >= 15 is 0 Å². The van der Waals surface area contributed by atoms with Gasteiger partial charge in [0.05, 0.1) is 0 Å². The van der Waals surface area contributed by atoms with Gasteiger partial charge in [-0.25, -0.2) is 0 Å². The summed E-state index contributed by atoms with van der Waals surface area (Å²) >= 11 is 0. The molecule has 3 nitrogen and oxygen atoms in total. The second-order valence-electron chi connectivity index (χ2n) is 6.08. The van der Waals surface area contributed by atoms with Crippen LogP contribution in [-0.4, -0.2) is 18.5 Å². The van der Waals surface area contributed by atoms with Gasteiger partial charge in [0.25, 0.3) is 0 Å². The number of amides is 1. The maximum atomic E-state index is 11.8. The Hall–Kier alpha value is -0.570. The van der Waals surface area contributed by atoms with E-state index < -0.39 is 0 Å². The minimum Gasteiger partial charge on any atom is -0.353 e. The van der Waals surface area contributed by atoms with Crippen molar-refractivity contribution in [1.29, 1.82) is 0 Å². The highest BCUT2D eigenvalue weighted by Gasteiger charge is 2.36. The Labute approximate surface area is 112 Å². The Morgan fingerprint density at radius 1 is 1.39 bits per heavy atom. The molecule has 0 aromatic carbocycles. The lowest BCUT2D eigenvalue weighted by Gasteiger charge is -2.19. The van der Waals surface area contributed by atoms with Crippen LogP contribution < -0.4 is 11.1 Å². The van der Waals surface area contributed by atoms with Crippen molar-refractivity contribution in [2.24, 2.45) is 23.5 Å². The molecular weight excluding hydrogens is 224 g/mol. The summed E-state index contributed by atoms with van der Waals surface area (Å²) in [4.78, 5) is 11.8. The van der Waals surface area contributed by atoms with Crippen molar-refractivity contribution in [2.75, 3.05) is 6.54 Å². The molecule has 106 valence electrons. The summed E-state index contributed by atoms with van der Waals surface area (Å²) in [6.45, 7) is 7.37. The van der Waals surface area contributed by atoms with E-state index in [-0.39, 0.29) is 5.91 Å². The largest absolute Gasteiger partial charge is 0.353 e. The van der Waals surface area contributed by atoms with Crippen LogP contribution in [0, 0.1) is 17.8 Å². The van der Waals surface area contributed by atoms with Crippen molar-refractivity contribution in [2.45, 2.75) is 65.3 Å². The fourth-order valence-electron chi connectivity index (χ4n) is 2.73. The van der Waals surface area contributed by atoms with Crippen molar-refractivity contribution in [3.8, 4) is 0 Å². The fourth-order valence-corrected chi connectivity index (χ4v) is 2.73. The van der Waals surface area contributed by atoms with Crippen LogP contribution in [-0.2, 0) is 4.79 Å². The molecule has 1 aliphatic rings. The number of carbonyl (C=O) groups is 1. The smallest absolute Gasteiger partial charge is 0.220 e. The lowest BCUT2D eigenvalue weighted by molar-refractivity contribution is -0.121. The van der Waals surface area contributed by atoms with Crippen LogP contribution in [0.3, 0.4) is 0 Å². The standard InChI is InChI=1S/C15H30N2O/c1-4-5-13-10-14(13)17-15(18)7-6-12(8-9-16)11(2)3/h11-14H,4-10,16H2,1-3H3,(H,17,18). The van der Waals surface area contributed by atoms with Gasteiger partial charge in [0.1, 0.15) is 0 Å². The van der Waals surface area contributed by atoms with Gasteiger partial charge >= 0.3 is 0 Å². The van der Waals surface area contributed by atoms with Crippen molar-refractivity contribution in [3.63, 3.8) is 0 Å². The Morgan fingerprint density at radius 3 is 2.67 bits per heavy atom. The van der Waals surface area contributed by atoms with Crippen molar-refractivity contribution in [3.05, 3.63) is 0 Å². The van der Waals surface area contributed by atoms with Gasteiger partial charge in [0.15, 0.2) is 0 Å². The van der Waals surface area contributed by atoms with E-state index in [1.54, 1.807) is 0 Å². The van der Waals surface area contributed by atoms with E-state index in [4.69, 9.17) is 5.73 Å². The van der Waals surface area contributed by atoms with Gasteiger partial charge in [-0.1, -0.05) is 27.2 Å². The van der Waals surface area contributed by atoms with E-state index in [1.807, 2.05) is 0 Å². The molecule has 18 heavy (non-hydrogen) atoms. The summed E-state index contributed by atoms with van der Waals surface area (Å²) in [7, 11) is 0.